The Kier molecular flexibility index (Phi) is 4.99. The van der Waals surface area contributed by atoms with Gasteiger partial charge in [-0.05, 0) is 13.3 Å². The predicted octanol–water partition coefficient (Wildman–Crippen LogP) is 2.84. The number of nitrogens with zero attached hydrogens (tertiary/aromatic N) is 4. The predicted molar refractivity (Wildman–Crippen MR) is 81.6 cm³/mol. The molecule has 21 heavy (non-hydrogen) atoms. The highest BCUT2D eigenvalue weighted by Crippen LogP contribution is 2.28. The topological polar surface area (TPSA) is 106 Å². The summed E-state index contributed by atoms with van der Waals surface area (Å²) in [6, 6.07) is -0.118. The molecule has 0 bridgehead atoms. The Hall–Kier alpha value is -2.29. The van der Waals surface area contributed by atoms with E-state index in [4.69, 9.17) is 0 Å². The molecular weight excluding hydrogens is 292 g/mol. The van der Waals surface area contributed by atoms with Crippen LogP contribution in [0.4, 0.5) is 17.5 Å². The lowest BCUT2D eigenvalue weighted by Crippen LogP contribution is -2.14. The lowest BCUT2D eigenvalue weighted by Gasteiger charge is -2.15. The van der Waals surface area contributed by atoms with E-state index in [0.717, 1.165) is 11.4 Å². The monoisotopic (exact) mass is 308 g/mol. The summed E-state index contributed by atoms with van der Waals surface area (Å²) >= 11 is 1.50. The number of aromatic nitrogens is 3. The van der Waals surface area contributed by atoms with E-state index in [-0.39, 0.29) is 17.5 Å². The second-order valence-electron chi connectivity index (χ2n) is 4.19. The van der Waals surface area contributed by atoms with Crippen molar-refractivity contribution in [2.45, 2.75) is 26.3 Å². The van der Waals surface area contributed by atoms with Crippen molar-refractivity contribution in [3.05, 3.63) is 32.9 Å². The second kappa shape index (κ2) is 6.93. The largest absolute Gasteiger partial charge is 0.355 e. The van der Waals surface area contributed by atoms with E-state index >= 15 is 0 Å². The van der Waals surface area contributed by atoms with Gasteiger partial charge in [0.15, 0.2) is 0 Å². The number of hydrogen-bond acceptors (Lipinski definition) is 8. The molecule has 0 aliphatic carbocycles. The minimum Gasteiger partial charge on any atom is -0.355 e. The maximum absolute atomic E-state index is 11.1. The quantitative estimate of drug-likeness (QED) is 0.598. The van der Waals surface area contributed by atoms with Crippen LogP contribution in [0, 0.1) is 10.1 Å². The lowest BCUT2D eigenvalue weighted by atomic mass is 10.2. The van der Waals surface area contributed by atoms with Crippen LogP contribution in [-0.4, -0.2) is 26.4 Å². The zero-order valence-electron chi connectivity index (χ0n) is 11.7. The molecule has 0 aliphatic rings. The highest BCUT2D eigenvalue weighted by atomic mass is 32.1. The zero-order chi connectivity index (χ0) is 15.2. The van der Waals surface area contributed by atoms with Gasteiger partial charge in [-0.1, -0.05) is 6.92 Å². The molecule has 0 amide bonds. The fourth-order valence-corrected chi connectivity index (χ4v) is 2.54. The number of hydrogen-bond donors (Lipinski definition) is 2. The summed E-state index contributed by atoms with van der Waals surface area (Å²) in [5, 5.41) is 19.9. The van der Waals surface area contributed by atoms with Crippen LogP contribution in [0.5, 0.6) is 0 Å². The average molecular weight is 308 g/mol. The van der Waals surface area contributed by atoms with Gasteiger partial charge in [0.1, 0.15) is 11.2 Å². The van der Waals surface area contributed by atoms with Crippen molar-refractivity contribution in [2.75, 3.05) is 17.2 Å². The Morgan fingerprint density at radius 2 is 2.24 bits per heavy atom. The first-order chi connectivity index (χ1) is 10.2. The van der Waals surface area contributed by atoms with Gasteiger partial charge < -0.3 is 10.6 Å². The molecule has 2 heterocycles. The lowest BCUT2D eigenvalue weighted by molar-refractivity contribution is -0.384. The van der Waals surface area contributed by atoms with Crippen LogP contribution in [0.2, 0.25) is 0 Å². The molecule has 1 atom stereocenters. The van der Waals surface area contributed by atoms with E-state index in [2.05, 4.69) is 25.6 Å². The van der Waals surface area contributed by atoms with E-state index in [1.54, 1.807) is 6.20 Å². The van der Waals surface area contributed by atoms with Crippen LogP contribution < -0.4 is 10.6 Å². The smallest absolute Gasteiger partial charge is 0.329 e. The van der Waals surface area contributed by atoms with Crippen LogP contribution >= 0.6 is 11.3 Å². The summed E-state index contributed by atoms with van der Waals surface area (Å²) in [4.78, 5) is 23.0. The van der Waals surface area contributed by atoms with Crippen LogP contribution in [-0.2, 0) is 0 Å². The first kappa shape index (κ1) is 15.1. The maximum atomic E-state index is 11.1. The molecule has 2 N–H and O–H groups in total. The molecule has 112 valence electrons. The Labute approximate surface area is 125 Å². The standard InChI is InChI=1S/C12H16N6O2S/c1-3-8(11-14-5-6-21-11)16-10-9(18(19)20)7-15-12(17-10)13-4-2/h5-8H,3-4H2,1-2H3,(H2,13,15,16,17). The molecule has 0 spiro atoms. The van der Waals surface area contributed by atoms with Crippen LogP contribution in [0.3, 0.4) is 0 Å². The summed E-state index contributed by atoms with van der Waals surface area (Å²) < 4.78 is 0. The van der Waals surface area contributed by atoms with Crippen molar-refractivity contribution in [2.24, 2.45) is 0 Å². The molecule has 0 radical (unpaired) electrons. The second-order valence-corrected chi connectivity index (χ2v) is 5.12. The van der Waals surface area contributed by atoms with Crippen molar-refractivity contribution in [1.29, 1.82) is 0 Å². The van der Waals surface area contributed by atoms with Crippen molar-refractivity contribution in [1.82, 2.24) is 15.0 Å². The fourth-order valence-electron chi connectivity index (χ4n) is 1.77. The van der Waals surface area contributed by atoms with Crippen molar-refractivity contribution in [3.63, 3.8) is 0 Å². The molecule has 0 saturated carbocycles. The third-order valence-electron chi connectivity index (χ3n) is 2.77. The van der Waals surface area contributed by atoms with Gasteiger partial charge in [0, 0.05) is 18.1 Å². The summed E-state index contributed by atoms with van der Waals surface area (Å²) in [7, 11) is 0. The van der Waals surface area contributed by atoms with E-state index in [1.165, 1.54) is 17.5 Å². The SMILES string of the molecule is CCNc1ncc([N+](=O)[O-])c(NC(CC)c2nccs2)n1. The molecular formula is C12H16N6O2S. The highest BCUT2D eigenvalue weighted by molar-refractivity contribution is 7.09. The minimum absolute atomic E-state index is 0.118. The molecule has 1 unspecified atom stereocenters. The number of anilines is 2. The van der Waals surface area contributed by atoms with Crippen LogP contribution in [0.1, 0.15) is 31.3 Å². The zero-order valence-corrected chi connectivity index (χ0v) is 12.6. The van der Waals surface area contributed by atoms with Gasteiger partial charge >= 0.3 is 5.69 Å². The van der Waals surface area contributed by atoms with E-state index < -0.39 is 4.92 Å². The summed E-state index contributed by atoms with van der Waals surface area (Å²) in [5.74, 6) is 0.563. The molecule has 8 nitrogen and oxygen atoms in total. The minimum atomic E-state index is -0.493. The fraction of sp³-hybridized carbons (Fsp3) is 0.417. The average Bonchev–Trinajstić information content (AvgIpc) is 2.99. The van der Waals surface area contributed by atoms with E-state index in [1.807, 2.05) is 19.2 Å². The number of rotatable bonds is 7. The first-order valence-electron chi connectivity index (χ1n) is 6.56. The Bertz CT molecular complexity index is 604. The van der Waals surface area contributed by atoms with Gasteiger partial charge in [-0.2, -0.15) is 4.98 Å². The molecule has 2 aromatic rings. The summed E-state index contributed by atoms with van der Waals surface area (Å²) in [6.07, 6.45) is 3.66. The molecule has 2 aromatic heterocycles. The van der Waals surface area contributed by atoms with Gasteiger partial charge in [0.2, 0.25) is 11.8 Å². The highest BCUT2D eigenvalue weighted by Gasteiger charge is 2.21. The molecule has 0 saturated heterocycles. The van der Waals surface area contributed by atoms with Crippen LogP contribution in [0.25, 0.3) is 0 Å². The third-order valence-corrected chi connectivity index (χ3v) is 3.66. The Morgan fingerprint density at radius 1 is 1.43 bits per heavy atom. The molecule has 0 fully saturated rings. The summed E-state index contributed by atoms with van der Waals surface area (Å²) in [6.45, 7) is 4.53. The molecule has 0 aliphatic heterocycles. The molecule has 0 aromatic carbocycles. The number of thiazole rings is 1. The van der Waals surface area contributed by atoms with Gasteiger partial charge in [-0.3, -0.25) is 10.1 Å². The number of nitro groups is 1. The van der Waals surface area contributed by atoms with Gasteiger partial charge in [-0.15, -0.1) is 11.3 Å². The van der Waals surface area contributed by atoms with Crippen molar-refractivity contribution in [3.8, 4) is 0 Å². The Morgan fingerprint density at radius 3 is 2.81 bits per heavy atom. The maximum Gasteiger partial charge on any atom is 0.329 e. The normalized spacial score (nSPS) is 11.9. The van der Waals surface area contributed by atoms with Crippen molar-refractivity contribution >= 4 is 28.8 Å². The molecule has 2 rings (SSSR count). The molecule has 9 heteroatoms. The van der Waals surface area contributed by atoms with Gasteiger partial charge in [0.05, 0.1) is 11.0 Å². The Balaban J connectivity index is 2.31. The van der Waals surface area contributed by atoms with Crippen molar-refractivity contribution < 1.29 is 4.92 Å². The van der Waals surface area contributed by atoms with E-state index in [0.29, 0.717) is 12.5 Å². The number of nitrogens with one attached hydrogen (secondary N) is 2. The van der Waals surface area contributed by atoms with Gasteiger partial charge in [0.25, 0.3) is 0 Å². The van der Waals surface area contributed by atoms with Crippen LogP contribution in [0.15, 0.2) is 17.8 Å². The first-order valence-corrected chi connectivity index (χ1v) is 7.44. The van der Waals surface area contributed by atoms with Gasteiger partial charge in [-0.25, -0.2) is 9.97 Å². The van der Waals surface area contributed by atoms with E-state index in [9.17, 15) is 10.1 Å². The third kappa shape index (κ3) is 3.63. The summed E-state index contributed by atoms with van der Waals surface area (Å²) in [5.41, 5.74) is -0.147.